The van der Waals surface area contributed by atoms with Crippen LogP contribution < -0.4 is 15.4 Å². The smallest absolute Gasteiger partial charge is 0.191 e. The molecular weight excluding hydrogens is 288 g/mol. The molecule has 0 radical (unpaired) electrons. The van der Waals surface area contributed by atoms with Crippen LogP contribution in [0.2, 0.25) is 0 Å². The SMILES string of the molecule is CN=C(NCc1ncc(C)c(OC)c1C)NC(C)CCC(C)C. The summed E-state index contributed by atoms with van der Waals surface area (Å²) in [6.45, 7) is 11.4. The Bertz CT molecular complexity index is 526. The molecule has 1 heterocycles. The van der Waals surface area contributed by atoms with Crippen LogP contribution in [0.25, 0.3) is 0 Å². The molecule has 0 fully saturated rings. The van der Waals surface area contributed by atoms with Crippen LogP contribution in [0, 0.1) is 19.8 Å². The summed E-state index contributed by atoms with van der Waals surface area (Å²) in [4.78, 5) is 8.80. The molecule has 0 aliphatic heterocycles. The first-order chi connectivity index (χ1) is 10.9. The molecule has 0 aliphatic rings. The number of hydrogen-bond acceptors (Lipinski definition) is 3. The molecule has 0 saturated heterocycles. The number of ether oxygens (including phenoxy) is 1. The van der Waals surface area contributed by atoms with Crippen molar-refractivity contribution in [2.75, 3.05) is 14.2 Å². The number of aliphatic imine (C=N–C) groups is 1. The molecular formula is C18H32N4O. The van der Waals surface area contributed by atoms with Crippen molar-refractivity contribution < 1.29 is 4.74 Å². The number of nitrogens with one attached hydrogen (secondary N) is 2. The summed E-state index contributed by atoms with van der Waals surface area (Å²) in [5.41, 5.74) is 3.10. The summed E-state index contributed by atoms with van der Waals surface area (Å²) in [6.07, 6.45) is 4.19. The predicted molar refractivity (Wildman–Crippen MR) is 97.1 cm³/mol. The molecule has 1 aromatic rings. The van der Waals surface area contributed by atoms with Crippen LogP contribution in [0.1, 0.15) is 50.4 Å². The standard InChI is InChI=1S/C18H32N4O/c1-12(2)8-9-14(4)22-18(19-6)21-11-16-15(5)17(23-7)13(3)10-20-16/h10,12,14H,8-9,11H2,1-7H3,(H2,19,21,22). The van der Waals surface area contributed by atoms with Crippen molar-refractivity contribution in [2.45, 2.75) is 60.0 Å². The largest absolute Gasteiger partial charge is 0.496 e. The zero-order valence-corrected chi connectivity index (χ0v) is 15.7. The van der Waals surface area contributed by atoms with Crippen molar-refractivity contribution in [1.29, 1.82) is 0 Å². The van der Waals surface area contributed by atoms with Gasteiger partial charge in [-0.25, -0.2) is 0 Å². The molecule has 5 nitrogen and oxygen atoms in total. The molecule has 130 valence electrons. The molecule has 0 amide bonds. The average molecular weight is 320 g/mol. The molecule has 1 aromatic heterocycles. The molecule has 0 bridgehead atoms. The van der Waals surface area contributed by atoms with Crippen molar-refractivity contribution in [3.8, 4) is 5.75 Å². The molecule has 2 N–H and O–H groups in total. The number of methoxy groups -OCH3 is 1. The lowest BCUT2D eigenvalue weighted by Crippen LogP contribution is -2.42. The van der Waals surface area contributed by atoms with E-state index in [1.807, 2.05) is 20.0 Å². The molecule has 5 heteroatoms. The normalized spacial score (nSPS) is 13.1. The maximum Gasteiger partial charge on any atom is 0.191 e. The fourth-order valence-corrected chi connectivity index (χ4v) is 2.50. The Kier molecular flexibility index (Phi) is 7.86. The monoisotopic (exact) mass is 320 g/mol. The van der Waals surface area contributed by atoms with Gasteiger partial charge in [-0.2, -0.15) is 0 Å². The molecule has 0 spiro atoms. The second kappa shape index (κ2) is 9.38. The first kappa shape index (κ1) is 19.3. The zero-order chi connectivity index (χ0) is 17.4. The first-order valence-corrected chi connectivity index (χ1v) is 8.35. The van der Waals surface area contributed by atoms with Gasteiger partial charge >= 0.3 is 0 Å². The first-order valence-electron chi connectivity index (χ1n) is 8.35. The molecule has 23 heavy (non-hydrogen) atoms. The van der Waals surface area contributed by atoms with E-state index >= 15 is 0 Å². The minimum absolute atomic E-state index is 0.394. The van der Waals surface area contributed by atoms with Crippen LogP contribution in [0.3, 0.4) is 0 Å². The van der Waals surface area contributed by atoms with Gasteiger partial charge in [0.1, 0.15) is 5.75 Å². The number of hydrogen-bond donors (Lipinski definition) is 2. The van der Waals surface area contributed by atoms with E-state index in [1.54, 1.807) is 14.2 Å². The second-order valence-corrected chi connectivity index (χ2v) is 6.49. The maximum absolute atomic E-state index is 5.45. The minimum Gasteiger partial charge on any atom is -0.496 e. The Labute approximate surface area is 141 Å². The highest BCUT2D eigenvalue weighted by molar-refractivity contribution is 5.79. The van der Waals surface area contributed by atoms with Gasteiger partial charge in [-0.1, -0.05) is 13.8 Å². The molecule has 0 aromatic carbocycles. The molecule has 1 rings (SSSR count). The van der Waals surface area contributed by atoms with Crippen molar-refractivity contribution in [2.24, 2.45) is 10.9 Å². The summed E-state index contributed by atoms with van der Waals surface area (Å²) >= 11 is 0. The van der Waals surface area contributed by atoms with Gasteiger partial charge in [-0.15, -0.1) is 0 Å². The number of guanidine groups is 1. The number of nitrogens with zero attached hydrogens (tertiary/aromatic N) is 2. The van der Waals surface area contributed by atoms with Crippen molar-refractivity contribution in [1.82, 2.24) is 15.6 Å². The van der Waals surface area contributed by atoms with Crippen LogP contribution in [0.5, 0.6) is 5.75 Å². The van der Waals surface area contributed by atoms with Gasteiger partial charge < -0.3 is 15.4 Å². The Morgan fingerprint density at radius 3 is 2.52 bits per heavy atom. The highest BCUT2D eigenvalue weighted by atomic mass is 16.5. The Balaban J connectivity index is 2.62. The van der Waals surface area contributed by atoms with Gasteiger partial charge in [0.05, 0.1) is 19.3 Å². The quantitative estimate of drug-likeness (QED) is 0.598. The van der Waals surface area contributed by atoms with Crippen molar-refractivity contribution >= 4 is 5.96 Å². The lowest BCUT2D eigenvalue weighted by molar-refractivity contribution is 0.406. The highest BCUT2D eigenvalue weighted by Crippen LogP contribution is 2.23. The van der Waals surface area contributed by atoms with Crippen LogP contribution in [-0.4, -0.2) is 31.1 Å². The fraction of sp³-hybridized carbons (Fsp3) is 0.667. The molecule has 1 atom stereocenters. The minimum atomic E-state index is 0.394. The zero-order valence-electron chi connectivity index (χ0n) is 15.7. The summed E-state index contributed by atoms with van der Waals surface area (Å²) in [5.74, 6) is 2.44. The fourth-order valence-electron chi connectivity index (χ4n) is 2.50. The third-order valence-electron chi connectivity index (χ3n) is 3.96. The second-order valence-electron chi connectivity index (χ2n) is 6.49. The van der Waals surface area contributed by atoms with Gasteiger partial charge in [0.2, 0.25) is 0 Å². The lowest BCUT2D eigenvalue weighted by Gasteiger charge is -2.19. The number of aryl methyl sites for hydroxylation is 1. The third kappa shape index (κ3) is 6.08. The van der Waals surface area contributed by atoms with Gasteiger partial charge in [0.15, 0.2) is 5.96 Å². The lowest BCUT2D eigenvalue weighted by atomic mass is 10.0. The number of rotatable bonds is 7. The average Bonchev–Trinajstić information content (AvgIpc) is 2.51. The van der Waals surface area contributed by atoms with Gasteiger partial charge in [0, 0.05) is 30.4 Å². The maximum atomic E-state index is 5.45. The van der Waals surface area contributed by atoms with Gasteiger partial charge in [-0.05, 0) is 39.5 Å². The van der Waals surface area contributed by atoms with Gasteiger partial charge in [0.25, 0.3) is 0 Å². The van der Waals surface area contributed by atoms with Crippen molar-refractivity contribution in [3.05, 3.63) is 23.0 Å². The van der Waals surface area contributed by atoms with Crippen molar-refractivity contribution in [3.63, 3.8) is 0 Å². The Hall–Kier alpha value is -1.78. The predicted octanol–water partition coefficient (Wildman–Crippen LogP) is 3.20. The van der Waals surface area contributed by atoms with E-state index in [4.69, 9.17) is 4.74 Å². The van der Waals surface area contributed by atoms with E-state index < -0.39 is 0 Å². The van der Waals surface area contributed by atoms with E-state index in [2.05, 4.69) is 41.4 Å². The van der Waals surface area contributed by atoms with Crippen LogP contribution in [-0.2, 0) is 6.54 Å². The van der Waals surface area contributed by atoms with E-state index in [-0.39, 0.29) is 0 Å². The Morgan fingerprint density at radius 2 is 1.96 bits per heavy atom. The summed E-state index contributed by atoms with van der Waals surface area (Å²) in [5, 5.41) is 6.77. The summed E-state index contributed by atoms with van der Waals surface area (Å²) in [7, 11) is 3.49. The Morgan fingerprint density at radius 1 is 1.26 bits per heavy atom. The topological polar surface area (TPSA) is 58.5 Å². The van der Waals surface area contributed by atoms with E-state index in [0.717, 1.165) is 40.9 Å². The van der Waals surface area contributed by atoms with Crippen LogP contribution >= 0.6 is 0 Å². The van der Waals surface area contributed by atoms with E-state index in [1.165, 1.54) is 6.42 Å². The summed E-state index contributed by atoms with van der Waals surface area (Å²) in [6, 6.07) is 0.394. The molecule has 1 unspecified atom stereocenters. The number of aromatic nitrogens is 1. The number of pyridine rings is 1. The van der Waals surface area contributed by atoms with Crippen LogP contribution in [0.4, 0.5) is 0 Å². The van der Waals surface area contributed by atoms with E-state index in [9.17, 15) is 0 Å². The molecule has 0 aliphatic carbocycles. The van der Waals surface area contributed by atoms with Crippen LogP contribution in [0.15, 0.2) is 11.2 Å². The highest BCUT2D eigenvalue weighted by Gasteiger charge is 2.11. The summed E-state index contributed by atoms with van der Waals surface area (Å²) < 4.78 is 5.45. The molecule has 0 saturated carbocycles. The van der Waals surface area contributed by atoms with E-state index in [0.29, 0.717) is 12.6 Å². The third-order valence-corrected chi connectivity index (χ3v) is 3.96. The van der Waals surface area contributed by atoms with Gasteiger partial charge in [-0.3, -0.25) is 9.98 Å².